The maximum Gasteiger partial charge on any atom is 0.416 e. The molecular formula is C33H44F3N5O4. The third-order valence-electron chi connectivity index (χ3n) is 8.13. The van der Waals surface area contributed by atoms with Gasteiger partial charge in [0.15, 0.2) is 0 Å². The Labute approximate surface area is 262 Å². The molecule has 246 valence electrons. The second-order valence-corrected chi connectivity index (χ2v) is 12.9. The highest BCUT2D eigenvalue weighted by atomic mass is 19.4. The van der Waals surface area contributed by atoms with Crippen molar-refractivity contribution < 1.29 is 32.3 Å². The maximum atomic E-state index is 13.5. The lowest BCUT2D eigenvalue weighted by atomic mass is 9.81. The van der Waals surface area contributed by atoms with E-state index in [1.54, 1.807) is 0 Å². The quantitative estimate of drug-likeness (QED) is 0.244. The predicted octanol–water partition coefficient (Wildman–Crippen LogP) is 4.75. The summed E-state index contributed by atoms with van der Waals surface area (Å²) in [6, 6.07) is 6.68. The van der Waals surface area contributed by atoms with Crippen LogP contribution in [0.3, 0.4) is 0 Å². The number of hydrogen-bond acceptors (Lipinski definition) is 5. The number of hydrogen-bond donors (Lipinski definition) is 5. The van der Waals surface area contributed by atoms with Crippen molar-refractivity contribution in [2.45, 2.75) is 91.5 Å². The van der Waals surface area contributed by atoms with Gasteiger partial charge in [0.1, 0.15) is 6.04 Å². The summed E-state index contributed by atoms with van der Waals surface area (Å²) in [5.41, 5.74) is 6.73. The first-order chi connectivity index (χ1) is 21.0. The number of aryl methyl sites for hydroxylation is 2. The van der Waals surface area contributed by atoms with E-state index in [4.69, 9.17) is 5.73 Å². The smallest absolute Gasteiger partial charge is 0.368 e. The molecule has 1 saturated carbocycles. The van der Waals surface area contributed by atoms with Crippen LogP contribution in [0.4, 0.5) is 18.9 Å². The number of carbonyl (C=O) groups excluding carboxylic acids is 4. The molecule has 45 heavy (non-hydrogen) atoms. The first-order valence-corrected chi connectivity index (χ1v) is 15.2. The molecule has 0 radical (unpaired) electrons. The standard InChI is InChI=1S/C33H44F3N5O4/c1-19-11-12-22(20(2)15-19)17-38-28(32(3,4)5)27(29(37)43)41-26(42)18-39-31(45)24-16-23(33(34,35)36)13-14-25(24)40-30(44)21-9-7-6-8-10-21/h11-16,21,27-28,38H,6-10,17-18H2,1-5H3,(H2,37,43)(H,39,45)(H,40,44)(H,41,42). The van der Waals surface area contributed by atoms with Crippen LogP contribution in [-0.2, 0) is 27.1 Å². The first kappa shape index (κ1) is 35.5. The third kappa shape index (κ3) is 10.0. The Bertz CT molecular complexity index is 1400. The van der Waals surface area contributed by atoms with Gasteiger partial charge in [-0.2, -0.15) is 13.2 Å². The Hall–Kier alpha value is -3.93. The molecule has 2 aromatic rings. The number of benzene rings is 2. The van der Waals surface area contributed by atoms with E-state index in [1.807, 2.05) is 52.8 Å². The van der Waals surface area contributed by atoms with E-state index in [9.17, 15) is 32.3 Å². The SMILES string of the molecule is Cc1ccc(CNC(C(NC(=O)CNC(=O)c2cc(C(F)(F)F)ccc2NC(=O)C2CCCCC2)C(N)=O)C(C)(C)C)c(C)c1. The molecule has 2 atom stereocenters. The Kier molecular flexibility index (Phi) is 11.8. The van der Waals surface area contributed by atoms with Gasteiger partial charge in [0.05, 0.1) is 23.4 Å². The molecule has 0 aliphatic heterocycles. The highest BCUT2D eigenvalue weighted by molar-refractivity contribution is 6.05. The van der Waals surface area contributed by atoms with Crippen LogP contribution < -0.4 is 27.0 Å². The van der Waals surface area contributed by atoms with E-state index in [1.165, 1.54) is 0 Å². The Balaban J connectivity index is 1.74. The molecule has 1 aliphatic carbocycles. The molecule has 0 bridgehead atoms. The molecule has 3 rings (SSSR count). The summed E-state index contributed by atoms with van der Waals surface area (Å²) in [5, 5.41) is 10.8. The van der Waals surface area contributed by atoms with Gasteiger partial charge in [-0.1, -0.05) is 63.8 Å². The summed E-state index contributed by atoms with van der Waals surface area (Å²) < 4.78 is 40.5. The van der Waals surface area contributed by atoms with Crippen molar-refractivity contribution in [3.63, 3.8) is 0 Å². The molecule has 0 heterocycles. The molecule has 12 heteroatoms. The van der Waals surface area contributed by atoms with Crippen LogP contribution in [-0.4, -0.2) is 42.3 Å². The fraction of sp³-hybridized carbons (Fsp3) is 0.515. The van der Waals surface area contributed by atoms with E-state index in [-0.39, 0.29) is 17.5 Å². The Morgan fingerprint density at radius 1 is 0.956 bits per heavy atom. The highest BCUT2D eigenvalue weighted by Gasteiger charge is 2.37. The van der Waals surface area contributed by atoms with Crippen molar-refractivity contribution in [1.29, 1.82) is 0 Å². The summed E-state index contributed by atoms with van der Waals surface area (Å²) >= 11 is 0. The normalized spacial score (nSPS) is 15.6. The van der Waals surface area contributed by atoms with Gasteiger partial charge in [-0.05, 0) is 61.4 Å². The molecule has 1 fully saturated rings. The molecule has 9 nitrogen and oxygen atoms in total. The topological polar surface area (TPSA) is 142 Å². The van der Waals surface area contributed by atoms with Crippen molar-refractivity contribution in [3.05, 3.63) is 64.2 Å². The minimum Gasteiger partial charge on any atom is -0.368 e. The lowest BCUT2D eigenvalue weighted by Crippen LogP contribution is -2.61. The molecule has 1 aliphatic rings. The van der Waals surface area contributed by atoms with E-state index in [0.717, 1.165) is 48.1 Å². The van der Waals surface area contributed by atoms with Crippen molar-refractivity contribution in [2.75, 3.05) is 11.9 Å². The third-order valence-corrected chi connectivity index (χ3v) is 8.13. The van der Waals surface area contributed by atoms with Gasteiger partial charge in [-0.3, -0.25) is 19.2 Å². The number of halogens is 3. The second kappa shape index (κ2) is 14.9. The molecule has 2 aromatic carbocycles. The zero-order chi connectivity index (χ0) is 33.5. The predicted molar refractivity (Wildman–Crippen MR) is 166 cm³/mol. The molecule has 0 aromatic heterocycles. The van der Waals surface area contributed by atoms with Crippen LogP contribution in [0.1, 0.15) is 85.5 Å². The maximum absolute atomic E-state index is 13.5. The number of nitrogens with two attached hydrogens (primary N) is 1. The minimum atomic E-state index is -4.74. The summed E-state index contributed by atoms with van der Waals surface area (Å²) in [7, 11) is 0. The number of rotatable bonds is 11. The highest BCUT2D eigenvalue weighted by Crippen LogP contribution is 2.33. The van der Waals surface area contributed by atoms with Crippen molar-refractivity contribution in [3.8, 4) is 0 Å². The summed E-state index contributed by atoms with van der Waals surface area (Å²) in [6.07, 6.45) is -0.670. The fourth-order valence-electron chi connectivity index (χ4n) is 5.60. The van der Waals surface area contributed by atoms with Crippen molar-refractivity contribution >= 4 is 29.3 Å². The number of carbonyl (C=O) groups is 4. The Morgan fingerprint density at radius 2 is 1.62 bits per heavy atom. The number of primary amides is 1. The van der Waals surface area contributed by atoms with Crippen LogP contribution in [0.5, 0.6) is 0 Å². The van der Waals surface area contributed by atoms with Gasteiger partial charge in [-0.25, -0.2) is 0 Å². The van der Waals surface area contributed by atoms with Crippen LogP contribution in [0, 0.1) is 25.2 Å². The monoisotopic (exact) mass is 631 g/mol. The zero-order valence-electron chi connectivity index (χ0n) is 26.5. The van der Waals surface area contributed by atoms with Gasteiger partial charge in [0.2, 0.25) is 17.7 Å². The van der Waals surface area contributed by atoms with Crippen LogP contribution in [0.15, 0.2) is 36.4 Å². The number of nitrogens with one attached hydrogen (secondary N) is 4. The van der Waals surface area contributed by atoms with E-state index < -0.39 is 59.1 Å². The van der Waals surface area contributed by atoms with Crippen molar-refractivity contribution in [1.82, 2.24) is 16.0 Å². The zero-order valence-corrected chi connectivity index (χ0v) is 26.5. The molecule has 6 N–H and O–H groups in total. The largest absolute Gasteiger partial charge is 0.416 e. The average Bonchev–Trinajstić information content (AvgIpc) is 2.95. The lowest BCUT2D eigenvalue weighted by molar-refractivity contribution is -0.137. The van der Waals surface area contributed by atoms with E-state index in [0.29, 0.717) is 25.5 Å². The van der Waals surface area contributed by atoms with E-state index >= 15 is 0 Å². The van der Waals surface area contributed by atoms with Crippen LogP contribution in [0.25, 0.3) is 0 Å². The van der Waals surface area contributed by atoms with Gasteiger partial charge >= 0.3 is 6.18 Å². The molecular weight excluding hydrogens is 587 g/mol. The van der Waals surface area contributed by atoms with Gasteiger partial charge in [-0.15, -0.1) is 0 Å². The lowest BCUT2D eigenvalue weighted by Gasteiger charge is -2.37. The molecule has 0 spiro atoms. The summed E-state index contributed by atoms with van der Waals surface area (Å²) in [4.78, 5) is 51.5. The number of amides is 4. The summed E-state index contributed by atoms with van der Waals surface area (Å²) in [6.45, 7) is 9.36. The van der Waals surface area contributed by atoms with Gasteiger partial charge in [0.25, 0.3) is 5.91 Å². The number of anilines is 1. The average molecular weight is 632 g/mol. The van der Waals surface area contributed by atoms with Crippen molar-refractivity contribution in [2.24, 2.45) is 17.1 Å². The molecule has 4 amide bonds. The number of alkyl halides is 3. The second-order valence-electron chi connectivity index (χ2n) is 12.9. The van der Waals surface area contributed by atoms with E-state index in [2.05, 4.69) is 21.3 Å². The van der Waals surface area contributed by atoms with Gasteiger partial charge < -0.3 is 27.0 Å². The van der Waals surface area contributed by atoms with Crippen LogP contribution >= 0.6 is 0 Å². The van der Waals surface area contributed by atoms with Crippen LogP contribution in [0.2, 0.25) is 0 Å². The molecule has 2 unspecified atom stereocenters. The van der Waals surface area contributed by atoms with Gasteiger partial charge in [0, 0.05) is 18.5 Å². The summed E-state index contributed by atoms with van der Waals surface area (Å²) in [5.74, 6) is -3.23. The Morgan fingerprint density at radius 3 is 2.20 bits per heavy atom. The minimum absolute atomic E-state index is 0.0881. The first-order valence-electron chi connectivity index (χ1n) is 15.2. The molecule has 0 saturated heterocycles. The fourth-order valence-corrected chi connectivity index (χ4v) is 5.60.